The second-order valence-electron chi connectivity index (χ2n) is 6.35. The fraction of sp³-hybridized carbons (Fsp3) is 0.200. The van der Waals surface area contributed by atoms with Gasteiger partial charge in [0.05, 0.1) is 18.8 Å². The number of carbonyl (C=O) groups is 1. The Hall–Kier alpha value is -3.22. The molecule has 7 heteroatoms. The highest BCUT2D eigenvalue weighted by Gasteiger charge is 2.23. The lowest BCUT2D eigenvalue weighted by Crippen LogP contribution is -2.38. The molecule has 2 heterocycles. The molecule has 0 saturated heterocycles. The van der Waals surface area contributed by atoms with E-state index in [4.69, 9.17) is 4.74 Å². The Balaban J connectivity index is 1.42. The lowest BCUT2D eigenvalue weighted by atomic mass is 10.1. The molecule has 0 bridgehead atoms. The third kappa shape index (κ3) is 3.81. The summed E-state index contributed by atoms with van der Waals surface area (Å²) < 4.78 is 33.5. The first kappa shape index (κ1) is 17.2. The standard InChI is InChI=1S/C20H17F2N3O2/c21-16-5-1-14(2-6-16)13-27-19-11-18-12-24(9-10-25(18)23-19)20(26)15-3-7-17(22)8-4-15/h1-8,11H,9-10,12-13H2. The second-order valence-corrected chi connectivity index (χ2v) is 6.35. The minimum Gasteiger partial charge on any atom is -0.472 e. The van der Waals surface area contributed by atoms with Crippen molar-refractivity contribution < 1.29 is 18.3 Å². The fourth-order valence-electron chi connectivity index (χ4n) is 3.00. The number of halogens is 2. The minimum atomic E-state index is -0.369. The number of fused-ring (bicyclic) bond motifs is 1. The van der Waals surface area contributed by atoms with Crippen molar-refractivity contribution in [3.05, 3.63) is 83.1 Å². The van der Waals surface area contributed by atoms with Crippen LogP contribution in [0.2, 0.25) is 0 Å². The van der Waals surface area contributed by atoms with Gasteiger partial charge < -0.3 is 9.64 Å². The molecule has 0 spiro atoms. The quantitative estimate of drug-likeness (QED) is 0.708. The molecule has 0 fully saturated rings. The molecule has 138 valence electrons. The van der Waals surface area contributed by atoms with Crippen molar-refractivity contribution in [3.8, 4) is 5.88 Å². The Bertz CT molecular complexity index is 952. The van der Waals surface area contributed by atoms with Gasteiger partial charge in [-0.3, -0.25) is 9.48 Å². The number of rotatable bonds is 4. The first-order chi connectivity index (χ1) is 13.1. The molecule has 0 N–H and O–H groups in total. The normalized spacial score (nSPS) is 13.3. The van der Waals surface area contributed by atoms with Crippen LogP contribution in [-0.4, -0.2) is 27.1 Å². The summed E-state index contributed by atoms with van der Waals surface area (Å²) in [5, 5.41) is 4.39. The number of benzene rings is 2. The molecule has 5 nitrogen and oxygen atoms in total. The van der Waals surface area contributed by atoms with Crippen molar-refractivity contribution in [3.63, 3.8) is 0 Å². The van der Waals surface area contributed by atoms with Crippen LogP contribution in [0, 0.1) is 11.6 Å². The molecule has 0 aliphatic carbocycles. The van der Waals surface area contributed by atoms with Crippen molar-refractivity contribution >= 4 is 5.91 Å². The predicted molar refractivity (Wildman–Crippen MR) is 94.1 cm³/mol. The van der Waals surface area contributed by atoms with E-state index in [1.54, 1.807) is 23.1 Å². The van der Waals surface area contributed by atoms with Crippen LogP contribution in [0.3, 0.4) is 0 Å². The van der Waals surface area contributed by atoms with E-state index in [2.05, 4.69) is 5.10 Å². The van der Waals surface area contributed by atoms with Crippen LogP contribution in [0.1, 0.15) is 21.6 Å². The summed E-state index contributed by atoms with van der Waals surface area (Å²) >= 11 is 0. The highest BCUT2D eigenvalue weighted by Crippen LogP contribution is 2.20. The topological polar surface area (TPSA) is 47.4 Å². The third-order valence-corrected chi connectivity index (χ3v) is 4.45. The predicted octanol–water partition coefficient (Wildman–Crippen LogP) is 3.40. The Morgan fingerprint density at radius 2 is 1.67 bits per heavy atom. The van der Waals surface area contributed by atoms with Crippen LogP contribution in [0.25, 0.3) is 0 Å². The molecule has 2 aromatic carbocycles. The van der Waals surface area contributed by atoms with E-state index < -0.39 is 0 Å². The molecular weight excluding hydrogens is 352 g/mol. The number of hydrogen-bond acceptors (Lipinski definition) is 3. The van der Waals surface area contributed by atoms with Gasteiger partial charge in [-0.05, 0) is 42.0 Å². The van der Waals surface area contributed by atoms with Crippen LogP contribution in [0.5, 0.6) is 5.88 Å². The largest absolute Gasteiger partial charge is 0.472 e. The minimum absolute atomic E-state index is 0.142. The van der Waals surface area contributed by atoms with Gasteiger partial charge in [-0.1, -0.05) is 12.1 Å². The maximum absolute atomic E-state index is 13.0. The third-order valence-electron chi connectivity index (χ3n) is 4.45. The molecule has 1 aliphatic rings. The van der Waals surface area contributed by atoms with Crippen molar-refractivity contribution in [2.45, 2.75) is 19.7 Å². The molecule has 0 atom stereocenters. The molecule has 1 aromatic heterocycles. The molecule has 1 amide bonds. The average molecular weight is 369 g/mol. The van der Waals surface area contributed by atoms with Crippen molar-refractivity contribution in [1.82, 2.24) is 14.7 Å². The number of aromatic nitrogens is 2. The van der Waals surface area contributed by atoms with E-state index in [-0.39, 0.29) is 24.1 Å². The van der Waals surface area contributed by atoms with Crippen LogP contribution in [0.15, 0.2) is 54.6 Å². The summed E-state index contributed by atoms with van der Waals surface area (Å²) in [4.78, 5) is 14.3. The number of nitrogens with zero attached hydrogens (tertiary/aromatic N) is 3. The molecule has 3 aromatic rings. The number of carbonyl (C=O) groups excluding carboxylic acids is 1. The number of hydrogen-bond donors (Lipinski definition) is 0. The molecular formula is C20H17F2N3O2. The van der Waals surface area contributed by atoms with Gasteiger partial charge in [0.25, 0.3) is 5.91 Å². The zero-order valence-corrected chi connectivity index (χ0v) is 14.4. The molecule has 1 aliphatic heterocycles. The SMILES string of the molecule is O=C(c1ccc(F)cc1)N1CCn2nc(OCc3ccc(F)cc3)cc2C1. The Labute approximate surface area is 154 Å². The first-order valence-corrected chi connectivity index (χ1v) is 8.57. The van der Waals surface area contributed by atoms with E-state index in [0.29, 0.717) is 31.1 Å². The van der Waals surface area contributed by atoms with Gasteiger partial charge in [0.15, 0.2) is 0 Å². The highest BCUT2D eigenvalue weighted by molar-refractivity contribution is 5.94. The van der Waals surface area contributed by atoms with Crippen molar-refractivity contribution in [1.29, 1.82) is 0 Å². The lowest BCUT2D eigenvalue weighted by molar-refractivity contribution is 0.0706. The van der Waals surface area contributed by atoms with E-state index in [1.807, 2.05) is 4.68 Å². The van der Waals surface area contributed by atoms with Crippen LogP contribution in [0.4, 0.5) is 8.78 Å². The highest BCUT2D eigenvalue weighted by atomic mass is 19.1. The van der Waals surface area contributed by atoms with Gasteiger partial charge in [0.2, 0.25) is 5.88 Å². The first-order valence-electron chi connectivity index (χ1n) is 8.57. The van der Waals surface area contributed by atoms with Crippen LogP contribution < -0.4 is 4.74 Å². The van der Waals surface area contributed by atoms with Gasteiger partial charge in [-0.15, -0.1) is 5.10 Å². The van der Waals surface area contributed by atoms with E-state index in [0.717, 1.165) is 11.3 Å². The average Bonchev–Trinajstić information content (AvgIpc) is 3.09. The lowest BCUT2D eigenvalue weighted by Gasteiger charge is -2.27. The monoisotopic (exact) mass is 369 g/mol. The molecule has 0 saturated carbocycles. The van der Waals surface area contributed by atoms with Gasteiger partial charge in [0, 0.05) is 18.2 Å². The molecule has 4 rings (SSSR count). The number of ether oxygens (including phenoxy) is 1. The summed E-state index contributed by atoms with van der Waals surface area (Å²) in [6, 6.07) is 13.4. The molecule has 0 unspecified atom stereocenters. The van der Waals surface area contributed by atoms with Gasteiger partial charge in [0.1, 0.15) is 18.2 Å². The zero-order valence-electron chi connectivity index (χ0n) is 14.4. The summed E-state index contributed by atoms with van der Waals surface area (Å²) in [6.45, 7) is 1.77. The molecule has 27 heavy (non-hydrogen) atoms. The van der Waals surface area contributed by atoms with Crippen LogP contribution in [-0.2, 0) is 19.7 Å². The van der Waals surface area contributed by atoms with Crippen molar-refractivity contribution in [2.24, 2.45) is 0 Å². The smallest absolute Gasteiger partial charge is 0.254 e. The van der Waals surface area contributed by atoms with Gasteiger partial charge in [-0.2, -0.15) is 0 Å². The van der Waals surface area contributed by atoms with Gasteiger partial charge in [-0.25, -0.2) is 8.78 Å². The summed E-state index contributed by atoms with van der Waals surface area (Å²) in [5.74, 6) is -0.338. The van der Waals surface area contributed by atoms with Crippen molar-refractivity contribution in [2.75, 3.05) is 6.54 Å². The Morgan fingerprint density at radius 1 is 1.00 bits per heavy atom. The summed E-state index contributed by atoms with van der Waals surface area (Å²) in [7, 11) is 0. The van der Waals surface area contributed by atoms with Gasteiger partial charge >= 0.3 is 0 Å². The second kappa shape index (κ2) is 7.19. The summed E-state index contributed by atoms with van der Waals surface area (Å²) in [5.41, 5.74) is 2.17. The maximum Gasteiger partial charge on any atom is 0.254 e. The van der Waals surface area contributed by atoms with E-state index >= 15 is 0 Å². The maximum atomic E-state index is 13.0. The van der Waals surface area contributed by atoms with E-state index in [1.165, 1.54) is 36.4 Å². The Kier molecular flexibility index (Phi) is 4.58. The zero-order chi connectivity index (χ0) is 18.8. The fourth-order valence-corrected chi connectivity index (χ4v) is 3.00. The van der Waals surface area contributed by atoms with Crippen LogP contribution >= 0.6 is 0 Å². The van der Waals surface area contributed by atoms with E-state index in [9.17, 15) is 13.6 Å². The summed E-state index contributed by atoms with van der Waals surface area (Å²) in [6.07, 6.45) is 0. The Morgan fingerprint density at radius 3 is 2.37 bits per heavy atom. The molecule has 0 radical (unpaired) electrons. The number of amides is 1.